The Labute approximate surface area is 117 Å². The zero-order valence-electron chi connectivity index (χ0n) is 12.8. The average Bonchev–Trinajstić information content (AvgIpc) is 2.30. The third kappa shape index (κ3) is 26.5. The highest BCUT2D eigenvalue weighted by molar-refractivity contribution is 5.74. The topological polar surface area (TPSA) is 89.4 Å². The highest BCUT2D eigenvalue weighted by Gasteiger charge is 1.96. The standard InChI is InChI=1S/C8H19N.C6H12N2O2/c1-4-5-6-7-8-9(2)3;7-5(9)3-1-2-4-6(8)10/h4-8H2,1-3H3;1-4H2,(H2,7,9)(H2,8,10). The van der Waals surface area contributed by atoms with Crippen molar-refractivity contribution in [1.29, 1.82) is 0 Å². The van der Waals surface area contributed by atoms with E-state index >= 15 is 0 Å². The van der Waals surface area contributed by atoms with Crippen molar-refractivity contribution in [2.45, 2.75) is 58.3 Å². The second-order valence-corrected chi connectivity index (χ2v) is 5.00. The zero-order valence-corrected chi connectivity index (χ0v) is 12.8. The number of nitrogens with zero attached hydrogens (tertiary/aromatic N) is 1. The number of rotatable bonds is 10. The summed E-state index contributed by atoms with van der Waals surface area (Å²) in [6, 6.07) is 0. The molecule has 0 aromatic rings. The maximum absolute atomic E-state index is 10.2. The third-order valence-corrected chi connectivity index (χ3v) is 2.56. The van der Waals surface area contributed by atoms with Crippen molar-refractivity contribution in [2.75, 3.05) is 20.6 Å². The molecule has 0 radical (unpaired) electrons. The van der Waals surface area contributed by atoms with Gasteiger partial charge in [-0.2, -0.15) is 0 Å². The predicted molar refractivity (Wildman–Crippen MR) is 79.6 cm³/mol. The molecule has 0 heterocycles. The van der Waals surface area contributed by atoms with Gasteiger partial charge in [0.15, 0.2) is 0 Å². The lowest BCUT2D eigenvalue weighted by Crippen LogP contribution is -2.12. The van der Waals surface area contributed by atoms with Gasteiger partial charge in [0.25, 0.3) is 0 Å². The highest BCUT2D eigenvalue weighted by Crippen LogP contribution is 1.98. The van der Waals surface area contributed by atoms with Crippen LogP contribution in [0, 0.1) is 0 Å². The van der Waals surface area contributed by atoms with E-state index in [2.05, 4.69) is 25.9 Å². The van der Waals surface area contributed by atoms with E-state index in [1.165, 1.54) is 32.2 Å². The smallest absolute Gasteiger partial charge is 0.217 e. The fourth-order valence-electron chi connectivity index (χ4n) is 1.45. The number of nitrogens with two attached hydrogens (primary N) is 2. The molecule has 5 nitrogen and oxygen atoms in total. The predicted octanol–water partition coefficient (Wildman–Crippen LogP) is 1.65. The quantitative estimate of drug-likeness (QED) is 0.593. The Bertz CT molecular complexity index is 215. The lowest BCUT2D eigenvalue weighted by Gasteiger charge is -2.07. The van der Waals surface area contributed by atoms with E-state index in [1.807, 2.05) is 0 Å². The van der Waals surface area contributed by atoms with Crippen LogP contribution >= 0.6 is 0 Å². The molecule has 2 amide bonds. The van der Waals surface area contributed by atoms with Gasteiger partial charge >= 0.3 is 0 Å². The molecule has 0 aliphatic rings. The summed E-state index contributed by atoms with van der Waals surface area (Å²) in [6.07, 6.45) is 7.48. The van der Waals surface area contributed by atoms with E-state index < -0.39 is 0 Å². The minimum atomic E-state index is -0.329. The Hall–Kier alpha value is -1.10. The van der Waals surface area contributed by atoms with Crippen LogP contribution in [0.2, 0.25) is 0 Å². The van der Waals surface area contributed by atoms with Gasteiger partial charge in [-0.3, -0.25) is 9.59 Å². The van der Waals surface area contributed by atoms with Crippen LogP contribution in [0.3, 0.4) is 0 Å². The van der Waals surface area contributed by atoms with Crippen molar-refractivity contribution < 1.29 is 9.59 Å². The number of carbonyl (C=O) groups excluding carboxylic acids is 2. The van der Waals surface area contributed by atoms with Crippen LogP contribution in [-0.4, -0.2) is 37.4 Å². The average molecular weight is 273 g/mol. The van der Waals surface area contributed by atoms with Gasteiger partial charge in [-0.15, -0.1) is 0 Å². The zero-order chi connectivity index (χ0) is 15.1. The summed E-state index contributed by atoms with van der Waals surface area (Å²) in [6.45, 7) is 3.50. The molecule has 19 heavy (non-hydrogen) atoms. The minimum Gasteiger partial charge on any atom is -0.370 e. The SMILES string of the molecule is CCCCCCN(C)C.NC(=O)CCCCC(N)=O. The van der Waals surface area contributed by atoms with Crippen molar-refractivity contribution in [3.63, 3.8) is 0 Å². The molecule has 4 N–H and O–H groups in total. The van der Waals surface area contributed by atoms with Crippen molar-refractivity contribution >= 4 is 11.8 Å². The molecule has 0 unspecified atom stereocenters. The van der Waals surface area contributed by atoms with Crippen LogP contribution < -0.4 is 11.5 Å². The summed E-state index contributed by atoms with van der Waals surface area (Å²) < 4.78 is 0. The fraction of sp³-hybridized carbons (Fsp3) is 0.857. The molecule has 0 saturated carbocycles. The first-order valence-electron chi connectivity index (χ1n) is 7.11. The lowest BCUT2D eigenvalue weighted by molar-refractivity contribution is -0.119. The second kappa shape index (κ2) is 15.0. The Morgan fingerprint density at radius 1 is 0.842 bits per heavy atom. The Morgan fingerprint density at radius 2 is 1.32 bits per heavy atom. The Kier molecular flexibility index (Phi) is 15.9. The molecular formula is C14H31N3O2. The van der Waals surface area contributed by atoms with E-state index in [4.69, 9.17) is 11.5 Å². The van der Waals surface area contributed by atoms with Crippen LogP contribution in [0.25, 0.3) is 0 Å². The molecule has 0 spiro atoms. The van der Waals surface area contributed by atoms with Crippen LogP contribution in [0.1, 0.15) is 58.3 Å². The molecule has 0 aromatic carbocycles. The first-order valence-corrected chi connectivity index (χ1v) is 7.11. The molecule has 0 bridgehead atoms. The molecule has 0 fully saturated rings. The number of unbranched alkanes of at least 4 members (excludes halogenated alkanes) is 4. The van der Waals surface area contributed by atoms with Crippen molar-refractivity contribution in [2.24, 2.45) is 11.5 Å². The minimum absolute atomic E-state index is 0.329. The molecular weight excluding hydrogens is 242 g/mol. The summed E-state index contributed by atoms with van der Waals surface area (Å²) in [7, 11) is 4.26. The number of hydrogen-bond acceptors (Lipinski definition) is 3. The van der Waals surface area contributed by atoms with Crippen LogP contribution in [-0.2, 0) is 9.59 Å². The molecule has 0 atom stereocenters. The normalized spacial score (nSPS) is 9.89. The summed E-state index contributed by atoms with van der Waals surface area (Å²) in [5.74, 6) is -0.658. The van der Waals surface area contributed by atoms with E-state index in [9.17, 15) is 9.59 Å². The third-order valence-electron chi connectivity index (χ3n) is 2.56. The summed E-state index contributed by atoms with van der Waals surface area (Å²) in [5.41, 5.74) is 9.71. The molecule has 0 saturated heterocycles. The van der Waals surface area contributed by atoms with E-state index in [0.717, 1.165) is 0 Å². The van der Waals surface area contributed by atoms with Gasteiger partial charge in [-0.05, 0) is 39.9 Å². The van der Waals surface area contributed by atoms with Gasteiger partial charge in [0, 0.05) is 12.8 Å². The van der Waals surface area contributed by atoms with Gasteiger partial charge < -0.3 is 16.4 Å². The fourth-order valence-corrected chi connectivity index (χ4v) is 1.45. The highest BCUT2D eigenvalue weighted by atomic mass is 16.1. The first-order chi connectivity index (χ1) is 8.90. The Morgan fingerprint density at radius 3 is 1.63 bits per heavy atom. The van der Waals surface area contributed by atoms with Gasteiger partial charge in [-0.25, -0.2) is 0 Å². The summed E-state index contributed by atoms with van der Waals surface area (Å²) >= 11 is 0. The van der Waals surface area contributed by atoms with Gasteiger partial charge in [0.1, 0.15) is 0 Å². The molecule has 0 aliphatic heterocycles. The largest absolute Gasteiger partial charge is 0.370 e. The molecule has 0 aromatic heterocycles. The van der Waals surface area contributed by atoms with E-state index in [0.29, 0.717) is 25.7 Å². The first kappa shape index (κ1) is 20.2. The van der Waals surface area contributed by atoms with Crippen molar-refractivity contribution in [3.8, 4) is 0 Å². The number of primary amides is 2. The van der Waals surface area contributed by atoms with Crippen LogP contribution in [0.4, 0.5) is 0 Å². The molecule has 0 rings (SSSR count). The van der Waals surface area contributed by atoms with Crippen LogP contribution in [0.5, 0.6) is 0 Å². The summed E-state index contributed by atoms with van der Waals surface area (Å²) in [5, 5.41) is 0. The van der Waals surface area contributed by atoms with Crippen molar-refractivity contribution in [1.82, 2.24) is 4.90 Å². The molecule has 5 heteroatoms. The number of hydrogen-bond donors (Lipinski definition) is 2. The number of carbonyl (C=O) groups is 2. The molecule has 0 aliphatic carbocycles. The second-order valence-electron chi connectivity index (χ2n) is 5.00. The Balaban J connectivity index is 0. The van der Waals surface area contributed by atoms with E-state index in [1.54, 1.807) is 0 Å². The van der Waals surface area contributed by atoms with Gasteiger partial charge in [0.2, 0.25) is 11.8 Å². The maximum atomic E-state index is 10.2. The molecule has 114 valence electrons. The van der Waals surface area contributed by atoms with Gasteiger partial charge in [-0.1, -0.05) is 26.2 Å². The van der Waals surface area contributed by atoms with Gasteiger partial charge in [0.05, 0.1) is 0 Å². The van der Waals surface area contributed by atoms with Crippen LogP contribution in [0.15, 0.2) is 0 Å². The van der Waals surface area contributed by atoms with Crippen molar-refractivity contribution in [3.05, 3.63) is 0 Å². The lowest BCUT2D eigenvalue weighted by atomic mass is 10.2. The number of amides is 2. The summed E-state index contributed by atoms with van der Waals surface area (Å²) in [4.78, 5) is 22.5. The maximum Gasteiger partial charge on any atom is 0.217 e. The van der Waals surface area contributed by atoms with E-state index in [-0.39, 0.29) is 11.8 Å². The monoisotopic (exact) mass is 273 g/mol.